The first-order valence-electron chi connectivity index (χ1n) is 12.6. The lowest BCUT2D eigenvalue weighted by Gasteiger charge is -2.24. The van der Waals surface area contributed by atoms with Crippen LogP contribution in [0, 0.1) is 5.92 Å². The van der Waals surface area contributed by atoms with Gasteiger partial charge < -0.3 is 21.3 Å². The summed E-state index contributed by atoms with van der Waals surface area (Å²) in [7, 11) is 1.85. The van der Waals surface area contributed by atoms with Gasteiger partial charge in [-0.05, 0) is 42.8 Å². The van der Waals surface area contributed by atoms with E-state index in [2.05, 4.69) is 21.3 Å². The van der Waals surface area contributed by atoms with E-state index >= 15 is 0 Å². The van der Waals surface area contributed by atoms with Crippen molar-refractivity contribution in [3.63, 3.8) is 0 Å². The number of anilines is 1. The number of hydrogen-bond donors (Lipinski definition) is 4. The number of likely N-dealkylation sites (tertiary alicyclic amines) is 1. The summed E-state index contributed by atoms with van der Waals surface area (Å²) in [4.78, 5) is 63.9. The van der Waals surface area contributed by atoms with E-state index in [0.29, 0.717) is 12.2 Å². The molecule has 1 unspecified atom stereocenters. The minimum Gasteiger partial charge on any atom is -0.344 e. The van der Waals surface area contributed by atoms with E-state index in [4.69, 9.17) is 0 Å². The van der Waals surface area contributed by atoms with E-state index in [1.54, 1.807) is 32.9 Å². The van der Waals surface area contributed by atoms with Crippen LogP contribution >= 0.6 is 11.8 Å². The van der Waals surface area contributed by atoms with Crippen LogP contribution < -0.4 is 21.3 Å². The number of nitrogens with zero attached hydrogens (tertiary/aromatic N) is 1. The van der Waals surface area contributed by atoms with Crippen molar-refractivity contribution in [2.45, 2.75) is 76.6 Å². The van der Waals surface area contributed by atoms with Crippen LogP contribution in [0.3, 0.4) is 0 Å². The molecule has 0 saturated carbocycles. The van der Waals surface area contributed by atoms with Gasteiger partial charge in [0.1, 0.15) is 12.1 Å². The summed E-state index contributed by atoms with van der Waals surface area (Å²) in [6.07, 6.45) is 0.0347. The summed E-state index contributed by atoms with van der Waals surface area (Å²) in [5.41, 5.74) is 1.68. The fraction of sp³-hybridized carbons (Fsp3) is 0.577. The Bertz CT molecular complexity index is 982. The molecule has 37 heavy (non-hydrogen) atoms. The Kier molecular flexibility index (Phi) is 11.6. The van der Waals surface area contributed by atoms with Gasteiger partial charge in [0.25, 0.3) is 0 Å². The summed E-state index contributed by atoms with van der Waals surface area (Å²) in [5, 5.41) is 11.0. The average Bonchev–Trinajstić information content (AvgIpc) is 3.08. The van der Waals surface area contributed by atoms with Crippen LogP contribution in [0.2, 0.25) is 0 Å². The van der Waals surface area contributed by atoms with Crippen molar-refractivity contribution < 1.29 is 24.0 Å². The quantitative estimate of drug-likeness (QED) is 0.283. The number of hydrogen-bond acceptors (Lipinski definition) is 7. The van der Waals surface area contributed by atoms with Gasteiger partial charge in [-0.3, -0.25) is 28.9 Å². The smallest absolute Gasteiger partial charge is 0.246 e. The number of thioether (sulfide) groups is 1. The number of imide groups is 1. The lowest BCUT2D eigenvalue weighted by atomic mass is 10.0. The van der Waals surface area contributed by atoms with Crippen LogP contribution in [0.5, 0.6) is 0 Å². The summed E-state index contributed by atoms with van der Waals surface area (Å²) in [6.45, 7) is 9.73. The van der Waals surface area contributed by atoms with Crippen molar-refractivity contribution >= 4 is 47.0 Å². The summed E-state index contributed by atoms with van der Waals surface area (Å²) < 4.78 is 0. The molecule has 1 aliphatic rings. The molecule has 11 heteroatoms. The van der Waals surface area contributed by atoms with Gasteiger partial charge in [0.2, 0.25) is 29.5 Å². The van der Waals surface area contributed by atoms with Gasteiger partial charge in [-0.25, -0.2) is 0 Å². The number of rotatable bonds is 13. The monoisotopic (exact) mass is 533 g/mol. The Labute approximate surface area is 223 Å². The Morgan fingerprint density at radius 3 is 2.22 bits per heavy atom. The minimum absolute atomic E-state index is 0.0307. The van der Waals surface area contributed by atoms with Crippen LogP contribution in [0.1, 0.15) is 53.0 Å². The first-order chi connectivity index (χ1) is 17.4. The molecule has 0 spiro atoms. The average molecular weight is 534 g/mol. The van der Waals surface area contributed by atoms with Crippen molar-refractivity contribution in [2.75, 3.05) is 18.9 Å². The van der Waals surface area contributed by atoms with Gasteiger partial charge in [0, 0.05) is 31.6 Å². The van der Waals surface area contributed by atoms with E-state index in [-0.39, 0.29) is 48.3 Å². The van der Waals surface area contributed by atoms with Crippen molar-refractivity contribution in [1.82, 2.24) is 20.9 Å². The second kappa shape index (κ2) is 14.1. The van der Waals surface area contributed by atoms with E-state index in [9.17, 15) is 24.0 Å². The maximum Gasteiger partial charge on any atom is 0.246 e. The Hall–Kier alpha value is -2.92. The molecule has 1 aliphatic heterocycles. The highest BCUT2D eigenvalue weighted by atomic mass is 32.2. The molecule has 2 rings (SSSR count). The third kappa shape index (κ3) is 9.15. The molecule has 0 aliphatic carbocycles. The normalized spacial score (nSPS) is 17.2. The Morgan fingerprint density at radius 2 is 1.65 bits per heavy atom. The minimum atomic E-state index is -0.877. The molecule has 1 aromatic rings. The molecule has 10 nitrogen and oxygen atoms in total. The summed E-state index contributed by atoms with van der Waals surface area (Å²) in [5.74, 6) is -2.13. The molecule has 3 atom stereocenters. The largest absolute Gasteiger partial charge is 0.344 e. The SMILES string of the molecule is CNCc1ccc(NC(=O)[C@H](C)NC(=O)[C@@H](NC(=O)CCN2C(=O)CC(SC(C)C)C2=O)C(C)C)cc1. The third-order valence-electron chi connectivity index (χ3n) is 5.82. The van der Waals surface area contributed by atoms with E-state index in [1.807, 2.05) is 33.0 Å². The Balaban J connectivity index is 1.88. The molecule has 1 aromatic carbocycles. The number of amides is 5. The maximum atomic E-state index is 12.9. The molecule has 1 fully saturated rings. The number of carbonyl (C=O) groups is 5. The van der Waals surface area contributed by atoms with Crippen molar-refractivity contribution in [3.8, 4) is 0 Å². The fourth-order valence-electron chi connectivity index (χ4n) is 3.85. The van der Waals surface area contributed by atoms with Crippen molar-refractivity contribution in [2.24, 2.45) is 5.92 Å². The van der Waals surface area contributed by atoms with Crippen LogP contribution in [-0.2, 0) is 30.5 Å². The first kappa shape index (κ1) is 30.3. The molecule has 1 saturated heterocycles. The molecule has 204 valence electrons. The molecule has 0 bridgehead atoms. The first-order valence-corrected chi connectivity index (χ1v) is 13.5. The number of nitrogens with one attached hydrogen (secondary N) is 4. The second-order valence-corrected chi connectivity index (χ2v) is 11.5. The molecule has 5 amide bonds. The van der Waals surface area contributed by atoms with Crippen LogP contribution in [0.25, 0.3) is 0 Å². The van der Waals surface area contributed by atoms with E-state index in [0.717, 1.165) is 10.5 Å². The zero-order chi connectivity index (χ0) is 27.7. The van der Waals surface area contributed by atoms with Crippen LogP contribution in [0.15, 0.2) is 24.3 Å². The highest BCUT2D eigenvalue weighted by Gasteiger charge is 2.39. The number of carbonyl (C=O) groups excluding carboxylic acids is 5. The standard InChI is InChI=1S/C26H39N5O5S/c1-15(2)23(30-21(32)11-12-31-22(33)13-20(26(31)36)37-16(3)4)25(35)28-17(5)24(34)29-19-9-7-18(8-10-19)14-27-6/h7-10,15-17,20,23,27H,11-14H2,1-6H3,(H,28,35)(H,29,34)(H,30,32)/t17-,20?,23-/m0/s1. The molecule has 1 heterocycles. The molecule has 0 radical (unpaired) electrons. The zero-order valence-corrected chi connectivity index (χ0v) is 23.2. The summed E-state index contributed by atoms with van der Waals surface area (Å²) >= 11 is 1.44. The van der Waals surface area contributed by atoms with Gasteiger partial charge in [-0.2, -0.15) is 0 Å². The van der Waals surface area contributed by atoms with Gasteiger partial charge in [-0.1, -0.05) is 39.8 Å². The molecule has 4 N–H and O–H groups in total. The van der Waals surface area contributed by atoms with E-state index in [1.165, 1.54) is 11.8 Å². The topological polar surface area (TPSA) is 137 Å². The Morgan fingerprint density at radius 1 is 1.00 bits per heavy atom. The second-order valence-electron chi connectivity index (χ2n) is 9.75. The lowest BCUT2D eigenvalue weighted by Crippen LogP contribution is -2.54. The van der Waals surface area contributed by atoms with Gasteiger partial charge in [0.05, 0.1) is 5.25 Å². The maximum absolute atomic E-state index is 12.9. The van der Waals surface area contributed by atoms with Gasteiger partial charge in [0.15, 0.2) is 0 Å². The highest BCUT2D eigenvalue weighted by Crippen LogP contribution is 2.28. The number of benzene rings is 1. The highest BCUT2D eigenvalue weighted by molar-refractivity contribution is 8.01. The molecular formula is C26H39N5O5S. The van der Waals surface area contributed by atoms with Crippen LogP contribution in [0.4, 0.5) is 5.69 Å². The molecule has 0 aromatic heterocycles. The molecular weight excluding hydrogens is 494 g/mol. The lowest BCUT2D eigenvalue weighted by molar-refractivity contribution is -0.139. The zero-order valence-electron chi connectivity index (χ0n) is 22.4. The van der Waals surface area contributed by atoms with Gasteiger partial charge in [-0.15, -0.1) is 11.8 Å². The van der Waals surface area contributed by atoms with E-state index < -0.39 is 29.1 Å². The van der Waals surface area contributed by atoms with Crippen molar-refractivity contribution in [1.29, 1.82) is 0 Å². The predicted molar refractivity (Wildman–Crippen MR) is 145 cm³/mol. The fourth-order valence-corrected chi connectivity index (χ4v) is 4.99. The third-order valence-corrected chi connectivity index (χ3v) is 7.06. The predicted octanol–water partition coefficient (Wildman–Crippen LogP) is 1.65. The van der Waals surface area contributed by atoms with Gasteiger partial charge >= 0.3 is 0 Å². The summed E-state index contributed by atoms with van der Waals surface area (Å²) in [6, 6.07) is 5.65. The van der Waals surface area contributed by atoms with Crippen LogP contribution in [-0.4, -0.2) is 70.6 Å². The van der Waals surface area contributed by atoms with Crippen molar-refractivity contribution in [3.05, 3.63) is 29.8 Å².